The lowest BCUT2D eigenvalue weighted by Gasteiger charge is -2.08. The van der Waals surface area contributed by atoms with E-state index in [0.29, 0.717) is 9.75 Å². The average Bonchev–Trinajstić information content (AvgIpc) is 3.64. The standard InChI is InChI=1S/C30H19N7S2/c1-2-3-4-5-6-19-7-9-22(10-8-19)37-25-11-27(23(17-35)20(13-31)14-32)38-29(25)30-26(37)12-28(39-30)24(18-36)21(15-33)16-34/h7-12H,2-6H2,1H3. The van der Waals surface area contributed by atoms with Crippen LogP contribution in [-0.2, 0) is 6.42 Å². The van der Waals surface area contributed by atoms with E-state index in [1.54, 1.807) is 36.4 Å². The third-order valence-corrected chi connectivity index (χ3v) is 8.74. The van der Waals surface area contributed by atoms with Gasteiger partial charge in [-0.15, -0.1) is 22.7 Å². The minimum absolute atomic E-state index is 0.00830. The molecule has 0 aliphatic heterocycles. The number of unbranched alkanes of at least 4 members (excludes halogenated alkanes) is 3. The molecule has 3 heterocycles. The molecule has 186 valence electrons. The summed E-state index contributed by atoms with van der Waals surface area (Å²) in [5, 5.41) is 56.9. The summed E-state index contributed by atoms with van der Waals surface area (Å²) < 4.78 is 3.64. The highest BCUT2D eigenvalue weighted by Gasteiger charge is 2.23. The molecule has 0 aliphatic rings. The molecule has 0 bridgehead atoms. The number of allylic oxidation sites excluding steroid dienone is 4. The average molecular weight is 542 g/mol. The van der Waals surface area contributed by atoms with Crippen LogP contribution < -0.4 is 0 Å². The van der Waals surface area contributed by atoms with Crippen molar-refractivity contribution < 1.29 is 0 Å². The number of benzene rings is 1. The van der Waals surface area contributed by atoms with Gasteiger partial charge in [0.2, 0.25) is 0 Å². The first kappa shape index (κ1) is 26.9. The Hall–Kier alpha value is -5.16. The van der Waals surface area contributed by atoms with Crippen LogP contribution in [0.2, 0.25) is 0 Å². The fraction of sp³-hybridized carbons (Fsp3) is 0.200. The third-order valence-electron chi connectivity index (χ3n) is 6.29. The Morgan fingerprint density at radius 3 is 1.56 bits per heavy atom. The molecule has 0 amide bonds. The molecule has 0 aliphatic carbocycles. The summed E-state index contributed by atoms with van der Waals surface area (Å²) in [7, 11) is 0. The minimum Gasteiger partial charge on any atom is -0.307 e. The number of nitriles is 6. The molecule has 0 spiro atoms. The second-order valence-electron chi connectivity index (χ2n) is 8.63. The normalized spacial score (nSPS) is 10.0. The van der Waals surface area contributed by atoms with Crippen LogP contribution in [0.25, 0.3) is 37.3 Å². The van der Waals surface area contributed by atoms with E-state index >= 15 is 0 Å². The van der Waals surface area contributed by atoms with Crippen molar-refractivity contribution in [3.63, 3.8) is 0 Å². The van der Waals surface area contributed by atoms with Crippen LogP contribution in [0.4, 0.5) is 0 Å². The van der Waals surface area contributed by atoms with Gasteiger partial charge in [-0.2, -0.15) is 31.6 Å². The topological polar surface area (TPSA) is 148 Å². The van der Waals surface area contributed by atoms with Crippen LogP contribution in [0.3, 0.4) is 0 Å². The molecule has 9 heteroatoms. The van der Waals surface area contributed by atoms with E-state index in [1.807, 2.05) is 28.8 Å². The third kappa shape index (κ3) is 5.03. The summed E-state index contributed by atoms with van der Waals surface area (Å²) in [6.07, 6.45) is 5.71. The molecule has 4 rings (SSSR count). The fourth-order valence-corrected chi connectivity index (χ4v) is 6.82. The van der Waals surface area contributed by atoms with Gasteiger partial charge in [0.15, 0.2) is 0 Å². The zero-order chi connectivity index (χ0) is 27.9. The molecular weight excluding hydrogens is 523 g/mol. The molecule has 0 fully saturated rings. The molecule has 0 atom stereocenters. The molecule has 0 saturated carbocycles. The molecule has 0 N–H and O–H groups in total. The van der Waals surface area contributed by atoms with Gasteiger partial charge in [-0.3, -0.25) is 0 Å². The second-order valence-corrected chi connectivity index (χ2v) is 10.7. The van der Waals surface area contributed by atoms with E-state index in [0.717, 1.165) is 39.0 Å². The number of aryl methyl sites for hydroxylation is 1. The maximum atomic E-state index is 9.72. The van der Waals surface area contributed by atoms with Crippen LogP contribution in [0.15, 0.2) is 47.5 Å². The largest absolute Gasteiger partial charge is 0.307 e. The van der Waals surface area contributed by atoms with E-state index in [1.165, 1.54) is 47.5 Å². The zero-order valence-electron chi connectivity index (χ0n) is 20.9. The molecule has 0 saturated heterocycles. The summed E-state index contributed by atoms with van der Waals surface area (Å²) in [6, 6.07) is 23.0. The molecule has 0 radical (unpaired) electrons. The van der Waals surface area contributed by atoms with Crippen molar-refractivity contribution in [1.29, 1.82) is 31.6 Å². The number of hydrogen-bond acceptors (Lipinski definition) is 8. The second kappa shape index (κ2) is 11.9. The van der Waals surface area contributed by atoms with E-state index in [4.69, 9.17) is 0 Å². The number of hydrogen-bond donors (Lipinski definition) is 0. The number of aromatic nitrogens is 1. The predicted octanol–water partition coefficient (Wildman–Crippen LogP) is 7.68. The van der Waals surface area contributed by atoms with Crippen molar-refractivity contribution in [2.45, 2.75) is 39.0 Å². The van der Waals surface area contributed by atoms with Crippen molar-refractivity contribution in [2.24, 2.45) is 0 Å². The van der Waals surface area contributed by atoms with Crippen LogP contribution in [-0.4, -0.2) is 4.57 Å². The van der Waals surface area contributed by atoms with Crippen molar-refractivity contribution >= 4 is 54.3 Å². The Morgan fingerprint density at radius 1 is 0.667 bits per heavy atom. The van der Waals surface area contributed by atoms with Gasteiger partial charge >= 0.3 is 0 Å². The van der Waals surface area contributed by atoms with E-state index in [9.17, 15) is 31.6 Å². The van der Waals surface area contributed by atoms with Crippen LogP contribution >= 0.6 is 22.7 Å². The van der Waals surface area contributed by atoms with E-state index in [2.05, 4.69) is 19.1 Å². The zero-order valence-corrected chi connectivity index (χ0v) is 22.6. The van der Waals surface area contributed by atoms with Gasteiger partial charge in [-0.25, -0.2) is 0 Å². The maximum Gasteiger partial charge on any atom is 0.148 e. The Balaban J connectivity index is 1.95. The smallest absolute Gasteiger partial charge is 0.148 e. The van der Waals surface area contributed by atoms with Gasteiger partial charge in [0.05, 0.1) is 31.6 Å². The highest BCUT2D eigenvalue weighted by molar-refractivity contribution is 7.28. The lowest BCUT2D eigenvalue weighted by atomic mass is 10.1. The molecule has 4 aromatic rings. The van der Waals surface area contributed by atoms with Crippen molar-refractivity contribution in [3.05, 3.63) is 62.9 Å². The lowest BCUT2D eigenvalue weighted by molar-refractivity contribution is 0.667. The highest BCUT2D eigenvalue weighted by atomic mass is 32.1. The van der Waals surface area contributed by atoms with Crippen molar-refractivity contribution in [3.8, 4) is 42.1 Å². The Labute approximate surface area is 233 Å². The number of fused-ring (bicyclic) bond motifs is 3. The molecule has 0 unspecified atom stereocenters. The van der Waals surface area contributed by atoms with Gasteiger partial charge in [-0.1, -0.05) is 38.3 Å². The van der Waals surface area contributed by atoms with Gasteiger partial charge in [0, 0.05) is 15.4 Å². The number of nitrogens with zero attached hydrogens (tertiary/aromatic N) is 7. The summed E-state index contributed by atoms with van der Waals surface area (Å²) in [5.74, 6) is 0. The Kier molecular flexibility index (Phi) is 8.22. The molecule has 39 heavy (non-hydrogen) atoms. The predicted molar refractivity (Wildman–Crippen MR) is 152 cm³/mol. The number of rotatable bonds is 8. The van der Waals surface area contributed by atoms with Crippen molar-refractivity contribution in [1.82, 2.24) is 4.57 Å². The van der Waals surface area contributed by atoms with Crippen LogP contribution in [0, 0.1) is 68.0 Å². The highest BCUT2D eigenvalue weighted by Crippen LogP contribution is 2.45. The van der Waals surface area contributed by atoms with Gasteiger partial charge in [-0.05, 0) is 42.7 Å². The SMILES string of the molecule is CCCCCCc1ccc(-n2c3cc(C(C#N)=C(C#N)C#N)sc3c3sc(C(C#N)=C(C#N)C#N)cc32)cc1. The van der Waals surface area contributed by atoms with Gasteiger partial charge in [0.1, 0.15) is 47.6 Å². The lowest BCUT2D eigenvalue weighted by Crippen LogP contribution is -1.94. The first-order valence-corrected chi connectivity index (χ1v) is 13.7. The Morgan fingerprint density at radius 2 is 1.15 bits per heavy atom. The van der Waals surface area contributed by atoms with Crippen LogP contribution in [0.1, 0.15) is 47.9 Å². The van der Waals surface area contributed by atoms with Crippen LogP contribution in [0.5, 0.6) is 0 Å². The first-order chi connectivity index (χ1) is 19.0. The summed E-state index contributed by atoms with van der Waals surface area (Å²) in [6.45, 7) is 2.19. The first-order valence-electron chi connectivity index (χ1n) is 12.1. The van der Waals surface area contributed by atoms with E-state index in [-0.39, 0.29) is 22.3 Å². The quantitative estimate of drug-likeness (QED) is 0.165. The summed E-state index contributed by atoms with van der Waals surface area (Å²) in [4.78, 5) is 0.981. The number of thiophene rings is 2. The Bertz CT molecular complexity index is 1760. The molecule has 7 nitrogen and oxygen atoms in total. The molecule has 3 aromatic heterocycles. The summed E-state index contributed by atoms with van der Waals surface area (Å²) in [5.41, 5.74) is 3.19. The minimum atomic E-state index is -0.258. The molecule has 1 aromatic carbocycles. The maximum absolute atomic E-state index is 9.72. The van der Waals surface area contributed by atoms with Crippen molar-refractivity contribution in [2.75, 3.05) is 0 Å². The fourth-order valence-electron chi connectivity index (χ4n) is 4.38. The van der Waals surface area contributed by atoms with Gasteiger partial charge in [0.25, 0.3) is 0 Å². The summed E-state index contributed by atoms with van der Waals surface area (Å²) >= 11 is 2.57. The molecular formula is C30H19N7S2. The van der Waals surface area contributed by atoms with Gasteiger partial charge < -0.3 is 4.57 Å². The monoisotopic (exact) mass is 541 g/mol. The van der Waals surface area contributed by atoms with E-state index < -0.39 is 0 Å².